The number of benzene rings is 3. The third kappa shape index (κ3) is 5.67. The first kappa shape index (κ1) is 22.4. The van der Waals surface area contributed by atoms with Crippen molar-refractivity contribution in [2.24, 2.45) is 0 Å². The Hall–Kier alpha value is -3.25. The molecule has 160 valence electrons. The molecule has 0 N–H and O–H groups in total. The van der Waals surface area contributed by atoms with Gasteiger partial charge in [-0.2, -0.15) is 4.31 Å². The Kier molecular flexibility index (Phi) is 7.36. The van der Waals surface area contributed by atoms with Gasteiger partial charge in [0.15, 0.2) is 0 Å². The number of nitrogens with zero attached hydrogens (tertiary/aromatic N) is 1. The number of aryl methyl sites for hydroxylation is 1. The van der Waals surface area contributed by atoms with E-state index < -0.39 is 15.9 Å². The molecule has 4 nitrogen and oxygen atoms in total. The van der Waals surface area contributed by atoms with Crippen LogP contribution in [0.1, 0.15) is 30.9 Å². The summed E-state index contributed by atoms with van der Waals surface area (Å²) in [5.74, 6) is -1.10. The van der Waals surface area contributed by atoms with E-state index in [0.717, 1.165) is 29.1 Å². The molecule has 3 aromatic rings. The highest BCUT2D eigenvalue weighted by Crippen LogP contribution is 2.25. The molecular formula is C25H24FNO3S. The van der Waals surface area contributed by atoms with Gasteiger partial charge in [-0.05, 0) is 66.4 Å². The Bertz CT molecular complexity index is 1140. The molecule has 0 aliphatic carbocycles. The van der Waals surface area contributed by atoms with E-state index in [2.05, 4.69) is 6.92 Å². The lowest BCUT2D eigenvalue weighted by Gasteiger charge is -2.21. The summed E-state index contributed by atoms with van der Waals surface area (Å²) in [5.41, 5.74) is 1.93. The second-order valence-corrected chi connectivity index (χ2v) is 8.86. The zero-order chi connectivity index (χ0) is 22.3. The molecule has 0 unspecified atom stereocenters. The molecule has 0 saturated carbocycles. The fraction of sp³-hybridized carbons (Fsp3) is 0.160. The number of rotatable bonds is 8. The summed E-state index contributed by atoms with van der Waals surface area (Å²) >= 11 is 0. The fourth-order valence-electron chi connectivity index (χ4n) is 3.07. The van der Waals surface area contributed by atoms with E-state index >= 15 is 0 Å². The highest BCUT2D eigenvalue weighted by molar-refractivity contribution is 7.93. The van der Waals surface area contributed by atoms with Crippen LogP contribution < -0.4 is 4.31 Å². The van der Waals surface area contributed by atoms with E-state index in [0.29, 0.717) is 5.56 Å². The van der Waals surface area contributed by atoms with Crippen LogP contribution in [0.2, 0.25) is 0 Å². The van der Waals surface area contributed by atoms with Gasteiger partial charge in [-0.25, -0.2) is 12.8 Å². The van der Waals surface area contributed by atoms with Crippen LogP contribution in [0.5, 0.6) is 0 Å². The number of hydrogen-bond donors (Lipinski definition) is 0. The molecular weight excluding hydrogens is 413 g/mol. The smallest absolute Gasteiger partial charge is 0.268 e. The molecule has 0 atom stereocenters. The van der Waals surface area contributed by atoms with Crippen molar-refractivity contribution in [2.75, 3.05) is 4.31 Å². The van der Waals surface area contributed by atoms with Crippen LogP contribution in [-0.4, -0.2) is 14.3 Å². The molecule has 6 heteroatoms. The monoisotopic (exact) mass is 437 g/mol. The van der Waals surface area contributed by atoms with Crippen LogP contribution in [-0.2, 0) is 21.2 Å². The third-order valence-electron chi connectivity index (χ3n) is 4.76. The summed E-state index contributed by atoms with van der Waals surface area (Å²) in [5, 5.41) is 0. The zero-order valence-corrected chi connectivity index (χ0v) is 18.1. The quantitative estimate of drug-likeness (QED) is 0.431. The SMILES string of the molecule is CCCCc1ccc(N(C(=O)/C=C/c2ccc(F)cc2)S(=O)(=O)c2ccccc2)cc1. The minimum absolute atomic E-state index is 0.0218. The van der Waals surface area contributed by atoms with Crippen molar-refractivity contribution < 1.29 is 17.6 Å². The van der Waals surface area contributed by atoms with Gasteiger partial charge in [-0.15, -0.1) is 0 Å². The van der Waals surface area contributed by atoms with Gasteiger partial charge in [-0.3, -0.25) is 4.79 Å². The van der Waals surface area contributed by atoms with Crippen LogP contribution in [0.25, 0.3) is 6.08 Å². The van der Waals surface area contributed by atoms with E-state index in [9.17, 15) is 17.6 Å². The Morgan fingerprint density at radius 2 is 1.58 bits per heavy atom. The predicted molar refractivity (Wildman–Crippen MR) is 122 cm³/mol. The molecule has 0 saturated heterocycles. The molecule has 1 amide bonds. The molecule has 0 aromatic heterocycles. The molecule has 0 aliphatic rings. The lowest BCUT2D eigenvalue weighted by Crippen LogP contribution is -2.35. The molecule has 0 fully saturated rings. The summed E-state index contributed by atoms with van der Waals surface area (Å²) in [4.78, 5) is 13.1. The minimum Gasteiger partial charge on any atom is -0.268 e. The van der Waals surface area contributed by atoms with Gasteiger partial charge >= 0.3 is 0 Å². The zero-order valence-electron chi connectivity index (χ0n) is 17.2. The van der Waals surface area contributed by atoms with Gasteiger partial charge in [0, 0.05) is 6.08 Å². The van der Waals surface area contributed by atoms with Gasteiger partial charge in [0.05, 0.1) is 10.6 Å². The largest absolute Gasteiger partial charge is 0.271 e. The number of carbonyl (C=O) groups is 1. The first-order valence-corrected chi connectivity index (χ1v) is 11.5. The Morgan fingerprint density at radius 1 is 0.935 bits per heavy atom. The number of sulfonamides is 1. The fourth-order valence-corrected chi connectivity index (χ4v) is 4.48. The average molecular weight is 438 g/mol. The van der Waals surface area contributed by atoms with Crippen molar-refractivity contribution in [3.63, 3.8) is 0 Å². The average Bonchev–Trinajstić information content (AvgIpc) is 2.79. The first-order chi connectivity index (χ1) is 14.9. The van der Waals surface area contributed by atoms with Crippen molar-refractivity contribution in [3.8, 4) is 0 Å². The maximum absolute atomic E-state index is 13.3. The van der Waals surface area contributed by atoms with Gasteiger partial charge in [0.2, 0.25) is 0 Å². The highest BCUT2D eigenvalue weighted by atomic mass is 32.2. The van der Waals surface area contributed by atoms with Crippen LogP contribution in [0.4, 0.5) is 10.1 Å². The summed E-state index contributed by atoms with van der Waals surface area (Å²) in [6.45, 7) is 2.11. The van der Waals surface area contributed by atoms with Crippen LogP contribution in [0.15, 0.2) is 89.8 Å². The lowest BCUT2D eigenvalue weighted by molar-refractivity contribution is -0.113. The molecule has 0 spiro atoms. The minimum atomic E-state index is -4.12. The van der Waals surface area contributed by atoms with E-state index in [1.807, 2.05) is 12.1 Å². The Morgan fingerprint density at radius 3 is 2.19 bits per heavy atom. The maximum atomic E-state index is 13.3. The number of carbonyl (C=O) groups excluding carboxylic acids is 1. The van der Waals surface area contributed by atoms with E-state index in [1.165, 1.54) is 48.6 Å². The Labute approximate surface area is 182 Å². The molecule has 3 rings (SSSR count). The summed E-state index contributed by atoms with van der Waals surface area (Å²) in [7, 11) is -4.12. The second-order valence-electron chi connectivity index (χ2n) is 7.08. The summed E-state index contributed by atoms with van der Waals surface area (Å²) < 4.78 is 40.5. The Balaban J connectivity index is 1.97. The molecule has 0 aliphatic heterocycles. The molecule has 3 aromatic carbocycles. The third-order valence-corrected chi connectivity index (χ3v) is 6.50. The maximum Gasteiger partial charge on any atom is 0.271 e. The normalized spacial score (nSPS) is 11.5. The number of anilines is 1. The summed E-state index contributed by atoms with van der Waals surface area (Å²) in [6, 6.07) is 20.4. The van der Waals surface area contributed by atoms with E-state index in [-0.39, 0.29) is 16.4 Å². The standard InChI is InChI=1S/C25H24FNO3S/c1-2-3-7-20-12-17-23(18-13-20)27(31(29,30)24-8-5-4-6-9-24)25(28)19-14-21-10-15-22(26)16-11-21/h4-6,8-19H,2-3,7H2,1H3/b19-14+. The van der Waals surface area contributed by atoms with E-state index in [1.54, 1.807) is 30.3 Å². The number of hydrogen-bond acceptors (Lipinski definition) is 3. The van der Waals surface area contributed by atoms with Crippen LogP contribution >= 0.6 is 0 Å². The van der Waals surface area contributed by atoms with Crippen molar-refractivity contribution in [3.05, 3.63) is 102 Å². The molecule has 0 radical (unpaired) electrons. The summed E-state index contributed by atoms with van der Waals surface area (Å²) in [6.07, 6.45) is 5.62. The predicted octanol–water partition coefficient (Wildman–Crippen LogP) is 5.60. The number of unbranched alkanes of at least 4 members (excludes halogenated alkanes) is 1. The number of amides is 1. The van der Waals surface area contributed by atoms with Gasteiger partial charge in [-0.1, -0.05) is 55.8 Å². The second kappa shape index (κ2) is 10.2. The highest BCUT2D eigenvalue weighted by Gasteiger charge is 2.29. The number of halogens is 1. The topological polar surface area (TPSA) is 54.5 Å². The van der Waals surface area contributed by atoms with Crippen molar-refractivity contribution in [1.29, 1.82) is 0 Å². The lowest BCUT2D eigenvalue weighted by atomic mass is 10.1. The van der Waals surface area contributed by atoms with Gasteiger partial charge < -0.3 is 0 Å². The molecule has 0 bridgehead atoms. The van der Waals surface area contributed by atoms with Crippen molar-refractivity contribution in [1.82, 2.24) is 0 Å². The molecule has 31 heavy (non-hydrogen) atoms. The van der Waals surface area contributed by atoms with E-state index in [4.69, 9.17) is 0 Å². The van der Waals surface area contributed by atoms with Crippen molar-refractivity contribution in [2.45, 2.75) is 31.1 Å². The van der Waals surface area contributed by atoms with Gasteiger partial charge in [0.1, 0.15) is 5.82 Å². The van der Waals surface area contributed by atoms with Crippen LogP contribution in [0, 0.1) is 5.82 Å². The van der Waals surface area contributed by atoms with Gasteiger partial charge in [0.25, 0.3) is 15.9 Å². The first-order valence-electron chi connectivity index (χ1n) is 10.1. The van der Waals surface area contributed by atoms with Crippen LogP contribution in [0.3, 0.4) is 0 Å². The van der Waals surface area contributed by atoms with Crippen molar-refractivity contribution >= 4 is 27.7 Å². The molecule has 0 heterocycles.